The normalized spacial score (nSPS) is 10.5. The molecule has 23 heavy (non-hydrogen) atoms. The molecule has 0 unspecified atom stereocenters. The van der Waals surface area contributed by atoms with Crippen LogP contribution in [0.4, 0.5) is 5.69 Å². The number of anilines is 1. The zero-order valence-electron chi connectivity index (χ0n) is 12.0. The number of carbonyl (C=O) groups is 1. The van der Waals surface area contributed by atoms with Gasteiger partial charge in [-0.15, -0.1) is 0 Å². The zero-order valence-corrected chi connectivity index (χ0v) is 12.8. The van der Waals surface area contributed by atoms with Gasteiger partial charge in [-0.2, -0.15) is 0 Å². The highest BCUT2D eigenvalue weighted by atomic mass is 35.5. The highest BCUT2D eigenvalue weighted by Crippen LogP contribution is 2.22. The van der Waals surface area contributed by atoms with E-state index in [4.69, 9.17) is 16.3 Å². The van der Waals surface area contributed by atoms with Gasteiger partial charge in [0.15, 0.2) is 6.61 Å². The lowest BCUT2D eigenvalue weighted by atomic mass is 10.1. The number of aromatic nitrogens is 1. The summed E-state index contributed by atoms with van der Waals surface area (Å²) in [6.45, 7) is -0.158. The Morgan fingerprint density at radius 1 is 1.09 bits per heavy atom. The Balaban J connectivity index is 1.71. The Morgan fingerprint density at radius 2 is 1.87 bits per heavy atom. The van der Waals surface area contributed by atoms with E-state index in [1.165, 1.54) is 0 Å². The first-order valence-electron chi connectivity index (χ1n) is 6.92. The highest BCUT2D eigenvalue weighted by molar-refractivity contribution is 6.30. The summed E-state index contributed by atoms with van der Waals surface area (Å²) in [6.07, 6.45) is 1.55. The van der Waals surface area contributed by atoms with Crippen LogP contribution >= 0.6 is 11.6 Å². The Hall–Kier alpha value is -2.79. The molecule has 6 heteroatoms. The van der Waals surface area contributed by atoms with Gasteiger partial charge in [-0.3, -0.25) is 9.59 Å². The van der Waals surface area contributed by atoms with Crippen LogP contribution in [0.5, 0.6) is 5.75 Å². The van der Waals surface area contributed by atoms with E-state index in [1.54, 1.807) is 54.7 Å². The SMILES string of the molecule is O=C(COc1cccc2c(=O)[nH]ccc12)Nc1ccc(Cl)cc1. The van der Waals surface area contributed by atoms with Gasteiger partial charge in [-0.25, -0.2) is 0 Å². The number of benzene rings is 2. The van der Waals surface area contributed by atoms with Crippen LogP contribution in [0.3, 0.4) is 0 Å². The fraction of sp³-hybridized carbons (Fsp3) is 0.0588. The fourth-order valence-corrected chi connectivity index (χ4v) is 2.32. The number of pyridine rings is 1. The molecule has 2 aromatic carbocycles. The predicted octanol–water partition coefficient (Wildman–Crippen LogP) is 3.20. The molecular weight excluding hydrogens is 316 g/mol. The average molecular weight is 329 g/mol. The number of nitrogens with one attached hydrogen (secondary N) is 2. The summed E-state index contributed by atoms with van der Waals surface area (Å²) in [7, 11) is 0. The largest absolute Gasteiger partial charge is 0.483 e. The molecule has 2 N–H and O–H groups in total. The number of fused-ring (bicyclic) bond motifs is 1. The molecule has 0 spiro atoms. The molecule has 0 saturated carbocycles. The van der Waals surface area contributed by atoms with Crippen LogP contribution in [0.25, 0.3) is 10.8 Å². The molecule has 0 atom stereocenters. The molecular formula is C17H13ClN2O3. The minimum Gasteiger partial charge on any atom is -0.483 e. The number of rotatable bonds is 4. The Bertz CT molecular complexity index is 904. The monoisotopic (exact) mass is 328 g/mol. The van der Waals surface area contributed by atoms with Crippen LogP contribution in [-0.2, 0) is 4.79 Å². The number of hydrogen-bond donors (Lipinski definition) is 2. The molecule has 3 rings (SSSR count). The van der Waals surface area contributed by atoms with Crippen LogP contribution in [0.1, 0.15) is 0 Å². The minimum atomic E-state index is -0.297. The molecule has 0 aliphatic carbocycles. The molecule has 0 radical (unpaired) electrons. The zero-order chi connectivity index (χ0) is 16.2. The lowest BCUT2D eigenvalue weighted by Gasteiger charge is -2.09. The van der Waals surface area contributed by atoms with Crippen molar-refractivity contribution in [3.05, 3.63) is 70.1 Å². The van der Waals surface area contributed by atoms with E-state index >= 15 is 0 Å². The number of halogens is 1. The molecule has 0 aliphatic rings. The summed E-state index contributed by atoms with van der Waals surface area (Å²) in [5.74, 6) is 0.189. The third kappa shape index (κ3) is 3.52. The van der Waals surface area contributed by atoms with Crippen molar-refractivity contribution < 1.29 is 9.53 Å². The molecule has 0 bridgehead atoms. The van der Waals surface area contributed by atoms with Crippen LogP contribution in [0.15, 0.2) is 59.5 Å². The second-order valence-electron chi connectivity index (χ2n) is 4.87. The second kappa shape index (κ2) is 6.54. The van der Waals surface area contributed by atoms with Gasteiger partial charge in [0.1, 0.15) is 5.75 Å². The Morgan fingerprint density at radius 3 is 2.65 bits per heavy atom. The third-order valence-electron chi connectivity index (χ3n) is 3.26. The number of H-pyrrole nitrogens is 1. The molecule has 5 nitrogen and oxygen atoms in total. The van der Waals surface area contributed by atoms with E-state index in [0.29, 0.717) is 27.2 Å². The van der Waals surface area contributed by atoms with Crippen LogP contribution in [0, 0.1) is 0 Å². The lowest BCUT2D eigenvalue weighted by Crippen LogP contribution is -2.20. The van der Waals surface area contributed by atoms with Gasteiger partial charge < -0.3 is 15.0 Å². The molecule has 1 heterocycles. The van der Waals surface area contributed by atoms with Gasteiger partial charge in [-0.1, -0.05) is 17.7 Å². The molecule has 0 saturated heterocycles. The first-order chi connectivity index (χ1) is 11.1. The van der Waals surface area contributed by atoms with Crippen molar-refractivity contribution in [2.75, 3.05) is 11.9 Å². The summed E-state index contributed by atoms with van der Waals surface area (Å²) >= 11 is 5.79. The quantitative estimate of drug-likeness (QED) is 0.772. The topological polar surface area (TPSA) is 71.2 Å². The minimum absolute atomic E-state index is 0.158. The van der Waals surface area contributed by atoms with E-state index in [0.717, 1.165) is 0 Å². The van der Waals surface area contributed by atoms with Gasteiger partial charge in [0.2, 0.25) is 0 Å². The second-order valence-corrected chi connectivity index (χ2v) is 5.30. The van der Waals surface area contributed by atoms with Crippen molar-refractivity contribution >= 4 is 34.0 Å². The molecule has 1 aromatic heterocycles. The highest BCUT2D eigenvalue weighted by Gasteiger charge is 2.07. The smallest absolute Gasteiger partial charge is 0.262 e. The molecule has 1 amide bonds. The summed E-state index contributed by atoms with van der Waals surface area (Å²) in [4.78, 5) is 26.3. The van der Waals surface area contributed by atoms with Crippen molar-refractivity contribution in [3.63, 3.8) is 0 Å². The summed E-state index contributed by atoms with van der Waals surface area (Å²) < 4.78 is 5.54. The summed E-state index contributed by atoms with van der Waals surface area (Å²) in [5.41, 5.74) is 0.441. The molecule has 0 fully saturated rings. The average Bonchev–Trinajstić information content (AvgIpc) is 2.55. The predicted molar refractivity (Wildman–Crippen MR) is 90.1 cm³/mol. The summed E-state index contributed by atoms with van der Waals surface area (Å²) in [6, 6.07) is 13.7. The first-order valence-corrected chi connectivity index (χ1v) is 7.30. The van der Waals surface area contributed by atoms with E-state index in [-0.39, 0.29) is 18.1 Å². The van der Waals surface area contributed by atoms with Gasteiger partial charge in [0.25, 0.3) is 11.5 Å². The number of ether oxygens (including phenoxy) is 1. The number of aromatic amines is 1. The van der Waals surface area contributed by atoms with Crippen molar-refractivity contribution in [3.8, 4) is 5.75 Å². The first kappa shape index (κ1) is 15.1. The van der Waals surface area contributed by atoms with Gasteiger partial charge in [0, 0.05) is 22.3 Å². The van der Waals surface area contributed by atoms with Crippen molar-refractivity contribution in [2.24, 2.45) is 0 Å². The standard InChI is InChI=1S/C17H13ClN2O3/c18-11-4-6-12(7-5-11)20-16(21)10-23-15-3-1-2-14-13(15)8-9-19-17(14)22/h1-9H,10H2,(H,19,22)(H,20,21). The van der Waals surface area contributed by atoms with Gasteiger partial charge >= 0.3 is 0 Å². The van der Waals surface area contributed by atoms with Crippen molar-refractivity contribution in [1.29, 1.82) is 0 Å². The number of hydrogen-bond acceptors (Lipinski definition) is 3. The Kier molecular flexibility index (Phi) is 4.30. The maximum Gasteiger partial charge on any atom is 0.262 e. The maximum absolute atomic E-state index is 11.9. The van der Waals surface area contributed by atoms with E-state index in [2.05, 4.69) is 10.3 Å². The fourth-order valence-electron chi connectivity index (χ4n) is 2.19. The van der Waals surface area contributed by atoms with E-state index in [1.807, 2.05) is 0 Å². The molecule has 0 aliphatic heterocycles. The van der Waals surface area contributed by atoms with Gasteiger partial charge in [-0.05, 0) is 42.5 Å². The lowest BCUT2D eigenvalue weighted by molar-refractivity contribution is -0.118. The van der Waals surface area contributed by atoms with E-state index in [9.17, 15) is 9.59 Å². The summed E-state index contributed by atoms with van der Waals surface area (Å²) in [5, 5.41) is 4.49. The van der Waals surface area contributed by atoms with Crippen LogP contribution in [-0.4, -0.2) is 17.5 Å². The van der Waals surface area contributed by atoms with Gasteiger partial charge in [0.05, 0.1) is 5.39 Å². The number of amides is 1. The third-order valence-corrected chi connectivity index (χ3v) is 3.51. The Labute approximate surface area is 136 Å². The van der Waals surface area contributed by atoms with E-state index < -0.39 is 0 Å². The van der Waals surface area contributed by atoms with Crippen LogP contribution < -0.4 is 15.6 Å². The number of carbonyl (C=O) groups excluding carboxylic acids is 1. The molecule has 116 valence electrons. The maximum atomic E-state index is 11.9. The van der Waals surface area contributed by atoms with Crippen LogP contribution in [0.2, 0.25) is 5.02 Å². The van der Waals surface area contributed by atoms with Crippen molar-refractivity contribution in [1.82, 2.24) is 4.98 Å². The molecule has 3 aromatic rings. The van der Waals surface area contributed by atoms with Crippen molar-refractivity contribution in [2.45, 2.75) is 0 Å².